The first-order chi connectivity index (χ1) is 16.5. The van der Waals surface area contributed by atoms with Gasteiger partial charge < -0.3 is 25.6 Å². The summed E-state index contributed by atoms with van der Waals surface area (Å²) in [6.45, 7) is 1.75. The second-order valence-electron chi connectivity index (χ2n) is 9.66. The molecule has 2 unspecified atom stereocenters. The first-order valence-electron chi connectivity index (χ1n) is 11.5. The third-order valence-corrected chi connectivity index (χ3v) is 6.72. The van der Waals surface area contributed by atoms with Crippen LogP contribution < -0.4 is 21.5 Å². The van der Waals surface area contributed by atoms with Gasteiger partial charge in [0.25, 0.3) is 17.4 Å². The van der Waals surface area contributed by atoms with E-state index in [9.17, 15) is 23.5 Å². The van der Waals surface area contributed by atoms with Crippen LogP contribution in [0.1, 0.15) is 55.4 Å². The van der Waals surface area contributed by atoms with Crippen molar-refractivity contribution in [2.45, 2.75) is 62.6 Å². The van der Waals surface area contributed by atoms with Crippen LogP contribution in [0.3, 0.4) is 0 Å². The number of alkyl halides is 2. The lowest BCUT2D eigenvalue weighted by molar-refractivity contribution is -0.104. The fourth-order valence-corrected chi connectivity index (χ4v) is 4.83. The van der Waals surface area contributed by atoms with Gasteiger partial charge in [0.2, 0.25) is 0 Å². The van der Waals surface area contributed by atoms with Crippen molar-refractivity contribution in [3.05, 3.63) is 46.5 Å². The molecule has 5 rings (SSSR count). The number of carbonyl (C=O) groups is 1. The van der Waals surface area contributed by atoms with Crippen LogP contribution in [0, 0.1) is 0 Å². The highest BCUT2D eigenvalue weighted by Crippen LogP contribution is 2.44. The summed E-state index contributed by atoms with van der Waals surface area (Å²) < 4.78 is 29.4. The molecule has 12 heteroatoms. The zero-order chi connectivity index (χ0) is 25.0. The second kappa shape index (κ2) is 8.29. The van der Waals surface area contributed by atoms with Crippen LogP contribution in [0.5, 0.6) is 0 Å². The average Bonchev–Trinajstić information content (AvgIpc) is 3.35. The number of amides is 1. The summed E-state index contributed by atoms with van der Waals surface area (Å²) in [6, 6.07) is 4.09. The van der Waals surface area contributed by atoms with Crippen LogP contribution in [0.15, 0.2) is 35.4 Å². The first-order valence-corrected chi connectivity index (χ1v) is 11.5. The molecule has 0 spiro atoms. The molecule has 2 aliphatic carbocycles. The van der Waals surface area contributed by atoms with Crippen LogP contribution in [-0.4, -0.2) is 54.8 Å². The molecule has 186 valence electrons. The molecule has 0 aromatic carbocycles. The molecule has 2 saturated carbocycles. The molecule has 0 bridgehead atoms. The largest absolute Gasteiger partial charge is 0.390 e. The van der Waals surface area contributed by atoms with E-state index in [1.165, 1.54) is 21.5 Å². The third-order valence-electron chi connectivity index (χ3n) is 6.72. The number of carbonyl (C=O) groups excluding carboxylic acids is 1. The monoisotopic (exact) mass is 487 g/mol. The number of halogens is 2. The molecular weight excluding hydrogens is 460 g/mol. The Morgan fingerprint density at radius 2 is 2.06 bits per heavy atom. The zero-order valence-electron chi connectivity index (χ0n) is 19.4. The lowest BCUT2D eigenvalue weighted by Gasteiger charge is -2.36. The third kappa shape index (κ3) is 4.45. The van der Waals surface area contributed by atoms with E-state index in [0.717, 1.165) is 0 Å². The number of hydrogen-bond donors (Lipinski definition) is 4. The molecule has 2 fully saturated rings. The van der Waals surface area contributed by atoms with Crippen molar-refractivity contribution in [2.75, 3.05) is 17.7 Å². The van der Waals surface area contributed by atoms with Crippen molar-refractivity contribution in [3.63, 3.8) is 0 Å². The molecule has 0 aliphatic heterocycles. The van der Waals surface area contributed by atoms with Gasteiger partial charge in [-0.2, -0.15) is 9.61 Å². The molecule has 3 aromatic heterocycles. The van der Waals surface area contributed by atoms with Gasteiger partial charge in [-0.05, 0) is 38.3 Å². The minimum Gasteiger partial charge on any atom is -0.390 e. The number of nitrogens with zero attached hydrogens (tertiary/aromatic N) is 4. The van der Waals surface area contributed by atoms with Crippen molar-refractivity contribution in [1.82, 2.24) is 24.5 Å². The molecule has 1 amide bonds. The van der Waals surface area contributed by atoms with E-state index >= 15 is 0 Å². The lowest BCUT2D eigenvalue weighted by Crippen LogP contribution is -2.41. The summed E-state index contributed by atoms with van der Waals surface area (Å²) in [7, 11) is 1.69. The first kappa shape index (κ1) is 23.2. The summed E-state index contributed by atoms with van der Waals surface area (Å²) in [5.41, 5.74) is -0.526. The second-order valence-corrected chi connectivity index (χ2v) is 9.66. The Morgan fingerprint density at radius 1 is 1.29 bits per heavy atom. The van der Waals surface area contributed by atoms with Crippen LogP contribution in [-0.2, 0) is 0 Å². The molecule has 10 nitrogen and oxygen atoms in total. The molecule has 35 heavy (non-hydrogen) atoms. The number of pyridine rings is 1. The molecule has 2 atom stereocenters. The van der Waals surface area contributed by atoms with E-state index < -0.39 is 23.1 Å². The highest BCUT2D eigenvalue weighted by molar-refractivity contribution is 6.00. The van der Waals surface area contributed by atoms with Gasteiger partial charge in [0.1, 0.15) is 22.9 Å². The van der Waals surface area contributed by atoms with Crippen molar-refractivity contribution in [3.8, 4) is 0 Å². The predicted octanol–water partition coefficient (Wildman–Crippen LogP) is 2.68. The number of fused-ring (bicyclic) bond motifs is 1. The maximum absolute atomic E-state index is 13.3. The number of anilines is 3. The van der Waals surface area contributed by atoms with Gasteiger partial charge in [0.15, 0.2) is 5.65 Å². The van der Waals surface area contributed by atoms with Crippen molar-refractivity contribution < 1.29 is 18.7 Å². The number of rotatable bonds is 6. The molecule has 0 radical (unpaired) electrons. The standard InChI is InChI=1S/C23H27F2N7O3/c1-22(35)6-5-13(9-22)28-20(33)15-12-27-32-18(26-2)8-17(30-19(15)32)29-16-4-3-7-31(21(16)34)14-10-23(24,25)11-14/h3-4,7-8,12-14,26,35H,5-6,9-11H2,1-2H3,(H,28,33)(H,29,30). The number of nitrogens with one attached hydrogen (secondary N) is 3. The summed E-state index contributed by atoms with van der Waals surface area (Å²) in [4.78, 5) is 30.4. The van der Waals surface area contributed by atoms with Crippen LogP contribution in [0.2, 0.25) is 0 Å². The summed E-state index contributed by atoms with van der Waals surface area (Å²) in [6.07, 6.45) is 3.94. The Bertz CT molecular complexity index is 1340. The highest BCUT2D eigenvalue weighted by Gasteiger charge is 2.46. The number of aromatic nitrogens is 4. The van der Waals surface area contributed by atoms with E-state index in [-0.39, 0.29) is 47.5 Å². The Kier molecular flexibility index (Phi) is 5.50. The summed E-state index contributed by atoms with van der Waals surface area (Å²) in [5, 5.41) is 23.3. The van der Waals surface area contributed by atoms with E-state index in [1.54, 1.807) is 32.2 Å². The SMILES string of the molecule is CNc1cc(Nc2cccn(C3CC(F)(F)C3)c2=O)nc2c(C(=O)NC3CCC(C)(O)C3)cnn12. The Balaban J connectivity index is 1.43. The normalized spacial score (nSPS) is 23.7. The topological polar surface area (TPSA) is 126 Å². The van der Waals surface area contributed by atoms with E-state index in [0.29, 0.717) is 25.1 Å². The van der Waals surface area contributed by atoms with Crippen molar-refractivity contribution in [2.24, 2.45) is 0 Å². The summed E-state index contributed by atoms with van der Waals surface area (Å²) in [5.74, 6) is -2.29. The average molecular weight is 488 g/mol. The smallest absolute Gasteiger partial charge is 0.274 e. The van der Waals surface area contributed by atoms with Crippen LogP contribution in [0.4, 0.5) is 26.1 Å². The Hall–Kier alpha value is -3.54. The van der Waals surface area contributed by atoms with E-state index in [4.69, 9.17) is 0 Å². The lowest BCUT2D eigenvalue weighted by atomic mass is 9.88. The quantitative estimate of drug-likeness (QED) is 0.421. The number of aliphatic hydroxyl groups is 1. The Morgan fingerprint density at radius 3 is 2.71 bits per heavy atom. The fourth-order valence-electron chi connectivity index (χ4n) is 4.83. The molecule has 4 N–H and O–H groups in total. The molecule has 3 heterocycles. The van der Waals surface area contributed by atoms with Crippen LogP contribution >= 0.6 is 0 Å². The predicted molar refractivity (Wildman–Crippen MR) is 125 cm³/mol. The molecule has 3 aromatic rings. The summed E-state index contributed by atoms with van der Waals surface area (Å²) >= 11 is 0. The van der Waals surface area contributed by atoms with Gasteiger partial charge in [-0.1, -0.05) is 0 Å². The van der Waals surface area contributed by atoms with Gasteiger partial charge >= 0.3 is 0 Å². The van der Waals surface area contributed by atoms with E-state index in [2.05, 4.69) is 26.0 Å². The maximum Gasteiger partial charge on any atom is 0.274 e. The van der Waals surface area contributed by atoms with E-state index in [1.807, 2.05) is 0 Å². The van der Waals surface area contributed by atoms with Gasteiger partial charge in [0.05, 0.1) is 11.8 Å². The minimum absolute atomic E-state index is 0.154. The molecular formula is C23H27F2N7O3. The highest BCUT2D eigenvalue weighted by atomic mass is 19.3. The molecule has 0 saturated heterocycles. The van der Waals surface area contributed by atoms with Gasteiger partial charge in [-0.3, -0.25) is 9.59 Å². The van der Waals surface area contributed by atoms with Crippen molar-refractivity contribution >= 4 is 28.9 Å². The van der Waals surface area contributed by atoms with Gasteiger partial charge in [-0.15, -0.1) is 0 Å². The fraction of sp³-hybridized carbons (Fsp3) is 0.478. The number of hydrogen-bond acceptors (Lipinski definition) is 7. The maximum atomic E-state index is 13.3. The minimum atomic E-state index is -2.74. The van der Waals surface area contributed by atoms with Crippen LogP contribution in [0.25, 0.3) is 5.65 Å². The van der Waals surface area contributed by atoms with Crippen molar-refractivity contribution in [1.29, 1.82) is 0 Å². The zero-order valence-corrected chi connectivity index (χ0v) is 19.4. The van der Waals surface area contributed by atoms with Gasteiger partial charge in [-0.25, -0.2) is 13.8 Å². The molecule has 2 aliphatic rings. The van der Waals surface area contributed by atoms with Gasteiger partial charge in [0, 0.05) is 44.2 Å². The Labute approximate surface area is 199 Å².